The third kappa shape index (κ3) is 4.09. The Morgan fingerprint density at radius 2 is 1.71 bits per heavy atom. The summed E-state index contributed by atoms with van der Waals surface area (Å²) < 4.78 is 6.88. The number of hydrogen-bond donors (Lipinski definition) is 2. The number of hydrogen-bond acceptors (Lipinski definition) is 4. The predicted octanol–water partition coefficient (Wildman–Crippen LogP) is 3.49. The molecule has 0 fully saturated rings. The van der Waals surface area contributed by atoms with Crippen molar-refractivity contribution in [3.63, 3.8) is 0 Å². The van der Waals surface area contributed by atoms with Gasteiger partial charge in [0.05, 0.1) is 17.8 Å². The molecule has 0 saturated heterocycles. The fraction of sp³-hybridized carbons (Fsp3) is 0.250. The second kappa shape index (κ2) is 7.90. The first kappa shape index (κ1) is 19.7. The molecule has 0 atom stereocenters. The Morgan fingerprint density at radius 1 is 1.07 bits per heavy atom. The molecule has 146 valence electrons. The van der Waals surface area contributed by atoms with Crippen molar-refractivity contribution in [3.05, 3.63) is 75.0 Å². The molecule has 2 aromatic heterocycles. The lowest BCUT2D eigenvalue weighted by Crippen LogP contribution is -2.42. The molecule has 8 heteroatoms. The Hall–Kier alpha value is -3.06. The van der Waals surface area contributed by atoms with Crippen LogP contribution in [0.1, 0.15) is 49.1 Å². The average Bonchev–Trinajstić information content (AvgIpc) is 3.12. The predicted molar refractivity (Wildman–Crippen MR) is 105 cm³/mol. The quantitative estimate of drug-likeness (QED) is 0.656. The number of aromatic nitrogens is 2. The first-order valence-corrected chi connectivity index (χ1v) is 9.10. The van der Waals surface area contributed by atoms with Crippen molar-refractivity contribution in [1.82, 2.24) is 20.6 Å². The number of hydrazine groups is 1. The van der Waals surface area contributed by atoms with E-state index in [-0.39, 0.29) is 10.7 Å². The van der Waals surface area contributed by atoms with Crippen molar-refractivity contribution in [2.24, 2.45) is 0 Å². The highest BCUT2D eigenvalue weighted by atomic mass is 35.5. The number of carbonyl (C=O) groups is 2. The van der Waals surface area contributed by atoms with E-state index in [1.54, 1.807) is 31.5 Å². The van der Waals surface area contributed by atoms with Crippen LogP contribution in [0.5, 0.6) is 0 Å². The maximum absolute atomic E-state index is 12.5. The molecule has 2 N–H and O–H groups in total. The summed E-state index contributed by atoms with van der Waals surface area (Å²) in [7, 11) is 0. The lowest BCUT2D eigenvalue weighted by molar-refractivity contribution is 0.0845. The third-order valence-corrected chi connectivity index (χ3v) is 4.70. The Kier molecular flexibility index (Phi) is 5.56. The molecule has 3 rings (SSSR count). The van der Waals surface area contributed by atoms with Crippen LogP contribution in [0.15, 0.2) is 34.7 Å². The van der Waals surface area contributed by atoms with Gasteiger partial charge in [0.1, 0.15) is 22.2 Å². The van der Waals surface area contributed by atoms with Gasteiger partial charge in [-0.15, -0.1) is 0 Å². The van der Waals surface area contributed by atoms with Gasteiger partial charge in [-0.2, -0.15) is 5.10 Å². The summed E-state index contributed by atoms with van der Waals surface area (Å²) in [4.78, 5) is 24.8. The molecule has 0 aliphatic rings. The van der Waals surface area contributed by atoms with Crippen LogP contribution >= 0.6 is 11.6 Å². The molecule has 0 aliphatic carbocycles. The topological polar surface area (TPSA) is 89.2 Å². The number of carbonyl (C=O) groups excluding carboxylic acids is 2. The number of rotatable bonds is 4. The Morgan fingerprint density at radius 3 is 2.32 bits per heavy atom. The minimum Gasteiger partial charge on any atom is -0.466 e. The normalized spacial score (nSPS) is 10.8. The van der Waals surface area contributed by atoms with E-state index < -0.39 is 11.8 Å². The lowest BCUT2D eigenvalue weighted by Gasteiger charge is -2.07. The van der Waals surface area contributed by atoms with Crippen molar-refractivity contribution in [3.8, 4) is 0 Å². The van der Waals surface area contributed by atoms with Crippen molar-refractivity contribution >= 4 is 23.4 Å². The van der Waals surface area contributed by atoms with E-state index in [9.17, 15) is 9.59 Å². The minimum atomic E-state index is -0.538. The van der Waals surface area contributed by atoms with Gasteiger partial charge in [-0.3, -0.25) is 20.4 Å². The highest BCUT2D eigenvalue weighted by molar-refractivity contribution is 6.33. The fourth-order valence-electron chi connectivity index (χ4n) is 2.88. The molecule has 2 amide bonds. The van der Waals surface area contributed by atoms with E-state index in [1.807, 2.05) is 31.2 Å². The first-order chi connectivity index (χ1) is 13.3. The van der Waals surface area contributed by atoms with E-state index in [0.717, 1.165) is 11.1 Å². The Labute approximate surface area is 167 Å². The smallest absolute Gasteiger partial charge is 0.274 e. The van der Waals surface area contributed by atoms with Gasteiger partial charge in [0.15, 0.2) is 0 Å². The number of aryl methyl sites for hydroxylation is 4. The Bertz CT molecular complexity index is 1030. The number of amides is 2. The van der Waals surface area contributed by atoms with Crippen LogP contribution < -0.4 is 10.9 Å². The van der Waals surface area contributed by atoms with Crippen molar-refractivity contribution < 1.29 is 14.0 Å². The van der Waals surface area contributed by atoms with Gasteiger partial charge in [-0.1, -0.05) is 41.4 Å². The van der Waals surface area contributed by atoms with Crippen LogP contribution in [-0.4, -0.2) is 21.6 Å². The van der Waals surface area contributed by atoms with Crippen molar-refractivity contribution in [2.45, 2.75) is 34.2 Å². The van der Waals surface area contributed by atoms with Gasteiger partial charge in [0.2, 0.25) is 0 Å². The number of nitrogens with zero attached hydrogens (tertiary/aromatic N) is 2. The largest absolute Gasteiger partial charge is 0.466 e. The summed E-state index contributed by atoms with van der Waals surface area (Å²) in [6.07, 6.45) is 0. The molecule has 0 spiro atoms. The molecule has 0 bridgehead atoms. The molecule has 0 radical (unpaired) electrons. The summed E-state index contributed by atoms with van der Waals surface area (Å²) in [6.45, 7) is 7.57. The van der Waals surface area contributed by atoms with Crippen LogP contribution in [-0.2, 0) is 6.54 Å². The Balaban J connectivity index is 1.71. The number of halogens is 1. The van der Waals surface area contributed by atoms with Crippen LogP contribution in [0.2, 0.25) is 5.15 Å². The lowest BCUT2D eigenvalue weighted by atomic mass is 10.1. The van der Waals surface area contributed by atoms with Gasteiger partial charge in [0.25, 0.3) is 11.8 Å². The van der Waals surface area contributed by atoms with Crippen LogP contribution in [0.25, 0.3) is 0 Å². The molecule has 0 unspecified atom stereocenters. The molecule has 0 saturated carbocycles. The molecule has 1 aromatic carbocycles. The van der Waals surface area contributed by atoms with E-state index >= 15 is 0 Å². The molecule has 0 aliphatic heterocycles. The summed E-state index contributed by atoms with van der Waals surface area (Å²) >= 11 is 6.38. The van der Waals surface area contributed by atoms with E-state index in [1.165, 1.54) is 0 Å². The average molecular weight is 401 g/mol. The van der Waals surface area contributed by atoms with E-state index in [2.05, 4.69) is 16.0 Å². The molecule has 3 aromatic rings. The van der Waals surface area contributed by atoms with Crippen LogP contribution in [0.3, 0.4) is 0 Å². The second-order valence-corrected chi connectivity index (χ2v) is 6.99. The monoisotopic (exact) mass is 400 g/mol. The zero-order chi connectivity index (χ0) is 20.4. The number of nitrogens with one attached hydrogen (secondary N) is 2. The zero-order valence-corrected chi connectivity index (χ0v) is 16.8. The van der Waals surface area contributed by atoms with Gasteiger partial charge in [0, 0.05) is 0 Å². The maximum atomic E-state index is 12.5. The standard InChI is InChI=1S/C20H21ClN4O3/c1-11-5-7-15(8-6-11)10-25-18(21)17(13(3)24-25)20(27)23-22-19(26)16-9-12(2)28-14(16)4/h5-9H,10H2,1-4H3,(H,22,26)(H,23,27). The molecule has 28 heavy (non-hydrogen) atoms. The maximum Gasteiger partial charge on any atom is 0.274 e. The van der Waals surface area contributed by atoms with Crippen molar-refractivity contribution in [1.29, 1.82) is 0 Å². The van der Waals surface area contributed by atoms with E-state index in [0.29, 0.717) is 29.3 Å². The molecule has 7 nitrogen and oxygen atoms in total. The number of furan rings is 1. The third-order valence-electron chi connectivity index (χ3n) is 4.32. The van der Waals surface area contributed by atoms with Gasteiger partial charge < -0.3 is 4.42 Å². The van der Waals surface area contributed by atoms with Gasteiger partial charge in [-0.05, 0) is 39.3 Å². The molecule has 2 heterocycles. The van der Waals surface area contributed by atoms with Crippen LogP contribution in [0, 0.1) is 27.7 Å². The highest BCUT2D eigenvalue weighted by Crippen LogP contribution is 2.21. The summed E-state index contributed by atoms with van der Waals surface area (Å²) in [6, 6.07) is 9.58. The highest BCUT2D eigenvalue weighted by Gasteiger charge is 2.22. The summed E-state index contributed by atoms with van der Waals surface area (Å²) in [5, 5.41) is 4.56. The summed E-state index contributed by atoms with van der Waals surface area (Å²) in [5.74, 6) is 0.0852. The second-order valence-electron chi connectivity index (χ2n) is 6.63. The zero-order valence-electron chi connectivity index (χ0n) is 16.1. The van der Waals surface area contributed by atoms with Gasteiger partial charge in [-0.25, -0.2) is 4.68 Å². The molecular weight excluding hydrogens is 380 g/mol. The van der Waals surface area contributed by atoms with E-state index in [4.69, 9.17) is 16.0 Å². The summed E-state index contributed by atoms with van der Waals surface area (Å²) in [5.41, 5.74) is 7.98. The number of benzene rings is 1. The molecular formula is C20H21ClN4O3. The van der Waals surface area contributed by atoms with Gasteiger partial charge >= 0.3 is 0 Å². The van der Waals surface area contributed by atoms with Crippen molar-refractivity contribution in [2.75, 3.05) is 0 Å². The fourth-order valence-corrected chi connectivity index (χ4v) is 3.20. The minimum absolute atomic E-state index is 0.208. The SMILES string of the molecule is Cc1ccc(Cn2nc(C)c(C(=O)NNC(=O)c3cc(C)oc3C)c2Cl)cc1. The van der Waals surface area contributed by atoms with Crippen LogP contribution in [0.4, 0.5) is 0 Å². The first-order valence-electron chi connectivity index (χ1n) is 8.72.